The number of anilines is 2. The van der Waals surface area contributed by atoms with Gasteiger partial charge >= 0.3 is 6.09 Å². The van der Waals surface area contributed by atoms with Crippen LogP contribution in [0, 0.1) is 11.3 Å². The molecule has 32 heavy (non-hydrogen) atoms. The van der Waals surface area contributed by atoms with Gasteiger partial charge in [0.1, 0.15) is 19.0 Å². The number of nitriles is 1. The largest absolute Gasteiger partial charge is 0.491 e. The average molecular weight is 438 g/mol. The Bertz CT molecular complexity index is 998. The van der Waals surface area contributed by atoms with E-state index in [0.29, 0.717) is 17.5 Å². The fourth-order valence-corrected chi connectivity index (χ4v) is 4.44. The van der Waals surface area contributed by atoms with Gasteiger partial charge in [-0.2, -0.15) is 5.26 Å². The van der Waals surface area contributed by atoms with Crippen molar-refractivity contribution in [1.29, 1.82) is 5.26 Å². The Kier molecular flexibility index (Phi) is 6.50. The molecule has 0 bridgehead atoms. The van der Waals surface area contributed by atoms with E-state index in [9.17, 15) is 14.4 Å². The molecule has 1 aliphatic heterocycles. The summed E-state index contributed by atoms with van der Waals surface area (Å²) in [6.07, 6.45) is 2.62. The minimum atomic E-state index is -0.544. The maximum Gasteiger partial charge on any atom is 0.411 e. The Balaban J connectivity index is 1.63. The fraction of sp³-hybridized carbons (Fsp3) is 0.440. The molecule has 0 radical (unpaired) electrons. The Morgan fingerprint density at radius 3 is 2.59 bits per heavy atom. The summed E-state index contributed by atoms with van der Waals surface area (Å²) >= 11 is 0. The highest BCUT2D eigenvalue weighted by Crippen LogP contribution is 2.53. The third-order valence-electron chi connectivity index (χ3n) is 6.02. The molecule has 168 valence electrons. The van der Waals surface area contributed by atoms with Gasteiger partial charge in [-0.1, -0.05) is 18.2 Å². The van der Waals surface area contributed by atoms with Gasteiger partial charge in [0, 0.05) is 23.5 Å². The zero-order valence-corrected chi connectivity index (χ0v) is 18.4. The van der Waals surface area contributed by atoms with Crippen LogP contribution >= 0.6 is 0 Å². The summed E-state index contributed by atoms with van der Waals surface area (Å²) in [5, 5.41) is 12.8. The lowest BCUT2D eigenvalue weighted by molar-refractivity contribution is 0.130. The number of amides is 1. The second-order valence-corrected chi connectivity index (χ2v) is 8.50. The van der Waals surface area contributed by atoms with E-state index in [1.165, 1.54) is 6.42 Å². The van der Waals surface area contributed by atoms with Crippen LogP contribution in [0.2, 0.25) is 0 Å². The number of rotatable bonds is 7. The lowest BCUT2D eigenvalue weighted by Crippen LogP contribution is -2.41. The molecule has 2 aromatic rings. The summed E-state index contributed by atoms with van der Waals surface area (Å²) in [6.45, 7) is 3.07. The Hall–Kier alpha value is -3.27. The third-order valence-corrected chi connectivity index (χ3v) is 6.02. The molecule has 2 aromatic carbocycles. The quantitative estimate of drug-likeness (QED) is 0.600. The van der Waals surface area contributed by atoms with Gasteiger partial charge in [0.2, 0.25) is 0 Å². The molecule has 2 aliphatic rings. The van der Waals surface area contributed by atoms with Gasteiger partial charge in [-0.05, 0) is 62.4 Å². The van der Waals surface area contributed by atoms with Crippen LogP contribution in [0.1, 0.15) is 56.2 Å². The van der Waals surface area contributed by atoms with Crippen molar-refractivity contribution in [1.82, 2.24) is 0 Å². The van der Waals surface area contributed by atoms with Crippen molar-refractivity contribution >= 4 is 17.5 Å². The normalized spacial score (nSPS) is 19.8. The topological polar surface area (TPSA) is 74.6 Å². The maximum atomic E-state index is 12.6. The molecule has 4 rings (SSSR count). The van der Waals surface area contributed by atoms with E-state index >= 15 is 0 Å². The third kappa shape index (κ3) is 4.36. The second-order valence-electron chi connectivity index (χ2n) is 8.50. The summed E-state index contributed by atoms with van der Waals surface area (Å²) in [5.74, 6) is 0.289. The zero-order chi connectivity index (χ0) is 22.7. The van der Waals surface area contributed by atoms with Crippen LogP contribution in [0.3, 0.4) is 0 Å². The highest BCUT2D eigenvalue weighted by atomic mass is 19.1. The number of hydrogen-bond acceptors (Lipinski definition) is 5. The van der Waals surface area contributed by atoms with Gasteiger partial charge in [-0.25, -0.2) is 9.18 Å². The number of alkyl halides is 1. The standard InChI is InChI=1S/C25H28FN3O3/c1-16(2)32-25(30)28-18-8-6-17(7-9-18)24-22(15-27)21-11-10-20(31-13-12-26)14-23(21)29(24)19-4-3-5-19/h6-11,14,16,19,22,24H,3-5,12-13H2,1-2H3,(H,28,30). The minimum absolute atomic E-state index is 0.0149. The van der Waals surface area contributed by atoms with E-state index in [0.717, 1.165) is 29.7 Å². The number of benzene rings is 2. The van der Waals surface area contributed by atoms with E-state index in [2.05, 4.69) is 16.3 Å². The fourth-order valence-electron chi connectivity index (χ4n) is 4.44. The van der Waals surface area contributed by atoms with Gasteiger partial charge in [0.25, 0.3) is 0 Å². The van der Waals surface area contributed by atoms with Crippen LogP contribution in [0.5, 0.6) is 5.75 Å². The molecule has 0 spiro atoms. The smallest absolute Gasteiger partial charge is 0.411 e. The molecule has 0 saturated heterocycles. The number of carbonyl (C=O) groups excluding carboxylic acids is 1. The second kappa shape index (κ2) is 9.47. The summed E-state index contributed by atoms with van der Waals surface area (Å²) in [7, 11) is 0. The summed E-state index contributed by atoms with van der Waals surface area (Å²) in [5.41, 5.74) is 3.61. The van der Waals surface area contributed by atoms with Crippen molar-refractivity contribution in [3.63, 3.8) is 0 Å². The molecule has 2 atom stereocenters. The molecule has 0 aromatic heterocycles. The molecule has 1 saturated carbocycles. The van der Waals surface area contributed by atoms with Crippen molar-refractivity contribution in [2.75, 3.05) is 23.5 Å². The van der Waals surface area contributed by atoms with E-state index in [1.54, 1.807) is 13.8 Å². The first-order valence-electron chi connectivity index (χ1n) is 11.1. The van der Waals surface area contributed by atoms with Crippen LogP contribution in [0.15, 0.2) is 42.5 Å². The monoisotopic (exact) mass is 437 g/mol. The van der Waals surface area contributed by atoms with E-state index in [-0.39, 0.29) is 24.7 Å². The van der Waals surface area contributed by atoms with Gasteiger partial charge in [0.05, 0.1) is 24.1 Å². The van der Waals surface area contributed by atoms with Crippen molar-refractivity contribution in [3.8, 4) is 11.8 Å². The van der Waals surface area contributed by atoms with Crippen LogP contribution < -0.4 is 15.0 Å². The average Bonchev–Trinajstić information content (AvgIpc) is 3.04. The number of nitrogens with one attached hydrogen (secondary N) is 1. The molecular weight excluding hydrogens is 409 g/mol. The van der Waals surface area contributed by atoms with Crippen molar-refractivity contribution in [2.24, 2.45) is 0 Å². The lowest BCUT2D eigenvalue weighted by Gasteiger charge is -2.41. The van der Waals surface area contributed by atoms with Crippen LogP contribution in [0.4, 0.5) is 20.6 Å². The van der Waals surface area contributed by atoms with Crippen molar-refractivity contribution in [2.45, 2.75) is 57.2 Å². The summed E-state index contributed by atoms with van der Waals surface area (Å²) in [4.78, 5) is 14.2. The number of hydrogen-bond donors (Lipinski definition) is 1. The highest BCUT2D eigenvalue weighted by molar-refractivity contribution is 5.84. The van der Waals surface area contributed by atoms with Crippen LogP contribution in [-0.4, -0.2) is 31.5 Å². The number of ether oxygens (including phenoxy) is 2. The Labute approximate surface area is 187 Å². The van der Waals surface area contributed by atoms with Crippen molar-refractivity contribution < 1.29 is 18.7 Å². The minimum Gasteiger partial charge on any atom is -0.491 e. The Morgan fingerprint density at radius 2 is 2.00 bits per heavy atom. The number of carbonyl (C=O) groups is 1. The number of halogens is 1. The molecule has 7 heteroatoms. The van der Waals surface area contributed by atoms with E-state index in [1.807, 2.05) is 42.5 Å². The van der Waals surface area contributed by atoms with Gasteiger partial charge in [-0.15, -0.1) is 0 Å². The predicted molar refractivity (Wildman–Crippen MR) is 121 cm³/mol. The molecule has 2 unspecified atom stereocenters. The molecule has 6 nitrogen and oxygen atoms in total. The Morgan fingerprint density at radius 1 is 1.25 bits per heavy atom. The first kappa shape index (κ1) is 21.9. The molecule has 1 amide bonds. The molecule has 1 aliphatic carbocycles. The number of fused-ring (bicyclic) bond motifs is 1. The maximum absolute atomic E-state index is 12.6. The first-order chi connectivity index (χ1) is 15.5. The molecular formula is C25H28FN3O3. The number of nitrogens with zero attached hydrogens (tertiary/aromatic N) is 2. The molecule has 1 fully saturated rings. The first-order valence-corrected chi connectivity index (χ1v) is 11.1. The van der Waals surface area contributed by atoms with Crippen LogP contribution in [-0.2, 0) is 4.74 Å². The predicted octanol–water partition coefficient (Wildman–Crippen LogP) is 5.71. The summed E-state index contributed by atoms with van der Waals surface area (Å²) < 4.78 is 23.2. The summed E-state index contributed by atoms with van der Waals surface area (Å²) in [6, 6.07) is 16.0. The zero-order valence-electron chi connectivity index (χ0n) is 18.4. The van der Waals surface area contributed by atoms with Gasteiger partial charge in [0.15, 0.2) is 0 Å². The molecule has 1 heterocycles. The van der Waals surface area contributed by atoms with Crippen LogP contribution in [0.25, 0.3) is 0 Å². The molecule has 1 N–H and O–H groups in total. The highest BCUT2D eigenvalue weighted by Gasteiger charge is 2.44. The van der Waals surface area contributed by atoms with Gasteiger partial charge in [-0.3, -0.25) is 5.32 Å². The van der Waals surface area contributed by atoms with Gasteiger partial charge < -0.3 is 14.4 Å². The lowest BCUT2D eigenvalue weighted by atomic mass is 9.87. The van der Waals surface area contributed by atoms with Crippen molar-refractivity contribution in [3.05, 3.63) is 53.6 Å². The van der Waals surface area contributed by atoms with E-state index < -0.39 is 12.8 Å². The SMILES string of the molecule is CC(C)OC(=O)Nc1ccc(C2C(C#N)c3ccc(OCCF)cc3N2C2CCC2)cc1. The van der Waals surface area contributed by atoms with E-state index in [4.69, 9.17) is 9.47 Å².